The number of aromatic nitrogens is 3. The quantitative estimate of drug-likeness (QED) is 0.731. The van der Waals surface area contributed by atoms with Crippen LogP contribution in [0.1, 0.15) is 12.5 Å². The number of rotatable bonds is 6. The molecule has 1 atom stereocenters. The molecule has 6 heteroatoms. The Hall–Kier alpha value is -2.99. The number of ether oxygens (including phenoxy) is 1. The third kappa shape index (κ3) is 4.05. The van der Waals surface area contributed by atoms with E-state index >= 15 is 0 Å². The number of nitrogens with one attached hydrogen (secondary N) is 2. The fourth-order valence-electron chi connectivity index (χ4n) is 2.13. The number of H-pyrrole nitrogens is 1. The van der Waals surface area contributed by atoms with Gasteiger partial charge in [-0.05, 0) is 12.5 Å². The molecule has 0 spiro atoms. The topological polar surface area (TPSA) is 79.9 Å². The van der Waals surface area contributed by atoms with Crippen molar-refractivity contribution in [3.63, 3.8) is 0 Å². The maximum atomic E-state index is 12.1. The number of nitrogens with zero attached hydrogens (tertiary/aromatic N) is 2. The zero-order chi connectivity index (χ0) is 16.8. The maximum Gasteiger partial charge on any atom is 0.255 e. The number of carbonyl (C=O) groups is 1. The molecule has 2 aromatic carbocycles. The highest BCUT2D eigenvalue weighted by atomic mass is 16.5. The Bertz CT molecular complexity index is 787. The van der Waals surface area contributed by atoms with Crippen molar-refractivity contribution in [1.82, 2.24) is 15.2 Å². The van der Waals surface area contributed by atoms with Crippen molar-refractivity contribution in [3.05, 3.63) is 66.2 Å². The molecule has 122 valence electrons. The van der Waals surface area contributed by atoms with E-state index in [1.165, 1.54) is 0 Å². The molecule has 0 unspecified atom stereocenters. The van der Waals surface area contributed by atoms with E-state index < -0.39 is 6.10 Å². The van der Waals surface area contributed by atoms with Crippen molar-refractivity contribution >= 4 is 11.9 Å². The smallest absolute Gasteiger partial charge is 0.255 e. The molecule has 2 N–H and O–H groups in total. The summed E-state index contributed by atoms with van der Waals surface area (Å²) in [5.74, 6) is 0.544. The van der Waals surface area contributed by atoms with Gasteiger partial charge in [0.25, 0.3) is 5.91 Å². The Balaban J connectivity index is 1.55. The third-order valence-electron chi connectivity index (χ3n) is 3.48. The lowest BCUT2D eigenvalue weighted by molar-refractivity contribution is -0.127. The van der Waals surface area contributed by atoms with Crippen molar-refractivity contribution in [2.75, 3.05) is 5.32 Å². The number of hydrogen-bond acceptors (Lipinski definition) is 4. The summed E-state index contributed by atoms with van der Waals surface area (Å²) in [6.45, 7) is 2.07. The third-order valence-corrected chi connectivity index (χ3v) is 3.48. The van der Waals surface area contributed by atoms with Gasteiger partial charge in [-0.1, -0.05) is 60.7 Å². The number of amides is 1. The molecule has 0 aliphatic carbocycles. The molecule has 0 aliphatic rings. The average molecular weight is 322 g/mol. The zero-order valence-corrected chi connectivity index (χ0v) is 13.3. The first-order valence-electron chi connectivity index (χ1n) is 7.66. The van der Waals surface area contributed by atoms with Gasteiger partial charge in [0.1, 0.15) is 6.10 Å². The van der Waals surface area contributed by atoms with Crippen LogP contribution >= 0.6 is 0 Å². The van der Waals surface area contributed by atoms with E-state index in [1.54, 1.807) is 6.92 Å². The van der Waals surface area contributed by atoms with Crippen LogP contribution in [0.2, 0.25) is 0 Å². The summed E-state index contributed by atoms with van der Waals surface area (Å²) in [5, 5.41) is 9.47. The molecule has 0 radical (unpaired) electrons. The summed E-state index contributed by atoms with van der Waals surface area (Å²) in [7, 11) is 0. The zero-order valence-electron chi connectivity index (χ0n) is 13.3. The minimum absolute atomic E-state index is 0.231. The molecule has 0 bridgehead atoms. The van der Waals surface area contributed by atoms with Crippen molar-refractivity contribution in [2.24, 2.45) is 0 Å². The second kappa shape index (κ2) is 7.52. The van der Waals surface area contributed by atoms with Gasteiger partial charge in [0.15, 0.2) is 5.82 Å². The molecule has 3 aromatic rings. The summed E-state index contributed by atoms with van der Waals surface area (Å²) < 4.78 is 5.58. The summed E-state index contributed by atoms with van der Waals surface area (Å²) in [6.07, 6.45) is -0.608. The fraction of sp³-hybridized carbons (Fsp3) is 0.167. The first kappa shape index (κ1) is 15.9. The Labute approximate surface area is 139 Å². The van der Waals surface area contributed by atoms with E-state index in [-0.39, 0.29) is 11.9 Å². The number of carbonyl (C=O) groups excluding carboxylic acids is 1. The molecule has 0 saturated heterocycles. The normalized spacial score (nSPS) is 11.9. The van der Waals surface area contributed by atoms with E-state index in [0.717, 1.165) is 11.1 Å². The Morgan fingerprint density at radius 3 is 2.50 bits per heavy atom. The minimum atomic E-state index is -0.608. The summed E-state index contributed by atoms with van der Waals surface area (Å²) >= 11 is 0. The molecule has 0 aliphatic heterocycles. The van der Waals surface area contributed by atoms with Crippen LogP contribution < -0.4 is 5.32 Å². The first-order chi connectivity index (χ1) is 11.7. The van der Waals surface area contributed by atoms with Crippen LogP contribution in [-0.2, 0) is 16.1 Å². The molecule has 0 saturated carbocycles. The summed E-state index contributed by atoms with van der Waals surface area (Å²) in [4.78, 5) is 16.4. The largest absolute Gasteiger partial charge is 0.364 e. The van der Waals surface area contributed by atoms with Crippen LogP contribution in [0.15, 0.2) is 60.7 Å². The average Bonchev–Trinajstić information content (AvgIpc) is 3.10. The molecule has 0 fully saturated rings. The molecule has 24 heavy (non-hydrogen) atoms. The van der Waals surface area contributed by atoms with Gasteiger partial charge in [-0.15, -0.1) is 5.10 Å². The highest BCUT2D eigenvalue weighted by Crippen LogP contribution is 2.15. The lowest BCUT2D eigenvalue weighted by Crippen LogP contribution is -2.28. The van der Waals surface area contributed by atoms with Crippen molar-refractivity contribution in [3.8, 4) is 11.4 Å². The van der Waals surface area contributed by atoms with Crippen LogP contribution in [0.4, 0.5) is 5.95 Å². The molecule has 1 aromatic heterocycles. The van der Waals surface area contributed by atoms with E-state index in [1.807, 2.05) is 60.7 Å². The number of benzene rings is 2. The highest BCUT2D eigenvalue weighted by molar-refractivity contribution is 5.92. The maximum absolute atomic E-state index is 12.1. The molecular weight excluding hydrogens is 304 g/mol. The van der Waals surface area contributed by atoms with Gasteiger partial charge in [-0.2, -0.15) is 4.98 Å². The SMILES string of the molecule is C[C@H](OCc1ccccc1)C(=O)Nc1n[nH]c(-c2ccccc2)n1. The molecule has 6 nitrogen and oxygen atoms in total. The number of aromatic amines is 1. The lowest BCUT2D eigenvalue weighted by atomic mass is 10.2. The summed E-state index contributed by atoms with van der Waals surface area (Å²) in [6, 6.07) is 19.3. The van der Waals surface area contributed by atoms with E-state index in [9.17, 15) is 4.79 Å². The van der Waals surface area contributed by atoms with Gasteiger partial charge in [0.2, 0.25) is 5.95 Å². The fourth-order valence-corrected chi connectivity index (χ4v) is 2.13. The predicted octanol–water partition coefficient (Wildman–Crippen LogP) is 3.02. The Morgan fingerprint density at radius 1 is 1.12 bits per heavy atom. The van der Waals surface area contributed by atoms with Gasteiger partial charge in [0.05, 0.1) is 6.61 Å². The van der Waals surface area contributed by atoms with Crippen LogP contribution in [0.3, 0.4) is 0 Å². The number of hydrogen-bond donors (Lipinski definition) is 2. The standard InChI is InChI=1S/C18H18N4O2/c1-13(24-12-14-8-4-2-5-9-14)17(23)20-18-19-16(21-22-18)15-10-6-3-7-11-15/h2-11,13H,12H2,1H3,(H2,19,20,21,22,23)/t13-/m0/s1. The van der Waals surface area contributed by atoms with Gasteiger partial charge < -0.3 is 4.74 Å². The Kier molecular flexibility index (Phi) is 4.98. The van der Waals surface area contributed by atoms with Crippen molar-refractivity contribution < 1.29 is 9.53 Å². The second-order valence-corrected chi connectivity index (χ2v) is 5.30. The van der Waals surface area contributed by atoms with Crippen molar-refractivity contribution in [1.29, 1.82) is 0 Å². The molecule has 1 amide bonds. The van der Waals surface area contributed by atoms with E-state index in [0.29, 0.717) is 12.4 Å². The highest BCUT2D eigenvalue weighted by Gasteiger charge is 2.16. The van der Waals surface area contributed by atoms with Crippen LogP contribution in [0.5, 0.6) is 0 Å². The summed E-state index contributed by atoms with van der Waals surface area (Å²) in [5.41, 5.74) is 1.92. The van der Waals surface area contributed by atoms with Crippen LogP contribution in [-0.4, -0.2) is 27.2 Å². The minimum Gasteiger partial charge on any atom is -0.364 e. The van der Waals surface area contributed by atoms with Crippen LogP contribution in [0.25, 0.3) is 11.4 Å². The van der Waals surface area contributed by atoms with Crippen molar-refractivity contribution in [2.45, 2.75) is 19.6 Å². The van der Waals surface area contributed by atoms with Gasteiger partial charge in [0, 0.05) is 5.56 Å². The van der Waals surface area contributed by atoms with E-state index in [4.69, 9.17) is 4.74 Å². The van der Waals surface area contributed by atoms with Crippen LogP contribution in [0, 0.1) is 0 Å². The molecule has 1 heterocycles. The second-order valence-electron chi connectivity index (χ2n) is 5.30. The molecule has 3 rings (SSSR count). The predicted molar refractivity (Wildman–Crippen MR) is 91.1 cm³/mol. The van der Waals surface area contributed by atoms with Gasteiger partial charge in [-0.3, -0.25) is 15.2 Å². The monoisotopic (exact) mass is 322 g/mol. The molecular formula is C18H18N4O2. The lowest BCUT2D eigenvalue weighted by Gasteiger charge is -2.11. The number of anilines is 1. The van der Waals surface area contributed by atoms with E-state index in [2.05, 4.69) is 20.5 Å². The first-order valence-corrected chi connectivity index (χ1v) is 7.66. The van der Waals surface area contributed by atoms with Gasteiger partial charge >= 0.3 is 0 Å². The Morgan fingerprint density at radius 2 is 1.79 bits per heavy atom. The van der Waals surface area contributed by atoms with Gasteiger partial charge in [-0.25, -0.2) is 0 Å².